The Balaban J connectivity index is 3.16. The Bertz CT molecular complexity index is 425. The van der Waals surface area contributed by atoms with E-state index in [1.165, 1.54) is 14.0 Å². The molecule has 0 aliphatic carbocycles. The van der Waals surface area contributed by atoms with Gasteiger partial charge in [0.05, 0.1) is 7.11 Å². The van der Waals surface area contributed by atoms with Crippen LogP contribution in [0.1, 0.15) is 18.5 Å². The van der Waals surface area contributed by atoms with Crippen LogP contribution in [0, 0.1) is 5.82 Å². The Morgan fingerprint density at radius 3 is 2.37 bits per heavy atom. The number of benzene rings is 1. The predicted octanol–water partition coefficient (Wildman–Crippen LogP) is 3.39. The number of halogens is 5. The molecule has 7 heteroatoms. The van der Waals surface area contributed by atoms with Crippen molar-refractivity contribution in [1.29, 1.82) is 0 Å². The molecule has 0 spiro atoms. The molecule has 0 fully saturated rings. The number of alkyl halides is 4. The van der Waals surface area contributed by atoms with Crippen molar-refractivity contribution in [2.24, 2.45) is 0 Å². The molecular weight excluding hydrogens is 269 g/mol. The van der Waals surface area contributed by atoms with Gasteiger partial charge in [0, 0.05) is 0 Å². The first-order chi connectivity index (χ1) is 8.84. The van der Waals surface area contributed by atoms with Gasteiger partial charge in [0.2, 0.25) is 0 Å². The molecule has 1 aromatic carbocycles. The number of rotatable bonds is 6. The van der Waals surface area contributed by atoms with Gasteiger partial charge in [-0.25, -0.2) is 13.2 Å². The quantitative estimate of drug-likeness (QED) is 0.808. The van der Waals surface area contributed by atoms with Gasteiger partial charge in [-0.15, -0.1) is 0 Å². The maximum atomic E-state index is 13.5. The fourth-order valence-electron chi connectivity index (χ4n) is 1.67. The van der Waals surface area contributed by atoms with E-state index in [1.54, 1.807) is 0 Å². The molecule has 0 bridgehead atoms. The highest BCUT2D eigenvalue weighted by atomic mass is 19.3. The van der Waals surface area contributed by atoms with Gasteiger partial charge in [-0.05, 0) is 24.2 Å². The largest absolute Gasteiger partial charge is 0.494 e. The Kier molecular flexibility index (Phi) is 5.11. The zero-order chi connectivity index (χ0) is 14.6. The van der Waals surface area contributed by atoms with E-state index < -0.39 is 24.2 Å². The number of nitrogens with one attached hydrogen (secondary N) is 1. The van der Waals surface area contributed by atoms with Crippen molar-refractivity contribution >= 4 is 0 Å². The number of hydrogen-bond donors (Lipinski definition) is 1. The van der Waals surface area contributed by atoms with E-state index in [0.717, 1.165) is 18.2 Å². The van der Waals surface area contributed by atoms with Gasteiger partial charge in [0.15, 0.2) is 11.6 Å². The molecular formula is C12H14F5NO. The third kappa shape index (κ3) is 3.34. The summed E-state index contributed by atoms with van der Waals surface area (Å²) >= 11 is 0. The topological polar surface area (TPSA) is 21.3 Å². The molecule has 0 saturated carbocycles. The highest BCUT2D eigenvalue weighted by molar-refractivity contribution is 5.32. The monoisotopic (exact) mass is 283 g/mol. The second kappa shape index (κ2) is 6.18. The zero-order valence-corrected chi connectivity index (χ0v) is 10.4. The zero-order valence-electron chi connectivity index (χ0n) is 10.4. The van der Waals surface area contributed by atoms with Crippen LogP contribution in [-0.4, -0.2) is 26.0 Å². The molecule has 1 atom stereocenters. The van der Waals surface area contributed by atoms with Crippen molar-refractivity contribution in [2.45, 2.75) is 25.3 Å². The fourth-order valence-corrected chi connectivity index (χ4v) is 1.67. The van der Waals surface area contributed by atoms with E-state index in [-0.39, 0.29) is 17.9 Å². The average Bonchev–Trinajstić information content (AvgIpc) is 2.35. The molecule has 0 saturated heterocycles. The summed E-state index contributed by atoms with van der Waals surface area (Å²) in [6, 6.07) is 1.06. The number of ether oxygens (including phenoxy) is 1. The van der Waals surface area contributed by atoms with Crippen molar-refractivity contribution in [3.05, 3.63) is 29.6 Å². The van der Waals surface area contributed by atoms with E-state index in [1.807, 2.05) is 0 Å². The van der Waals surface area contributed by atoms with Crippen LogP contribution >= 0.6 is 0 Å². The van der Waals surface area contributed by atoms with Crippen LogP contribution in [0.25, 0.3) is 0 Å². The summed E-state index contributed by atoms with van der Waals surface area (Å²) in [7, 11) is 1.22. The van der Waals surface area contributed by atoms with Crippen LogP contribution in [0.3, 0.4) is 0 Å². The number of methoxy groups -OCH3 is 1. The summed E-state index contributed by atoms with van der Waals surface area (Å²) in [5, 5.41) is 2.25. The molecule has 0 aromatic heterocycles. The molecule has 1 unspecified atom stereocenters. The molecule has 2 nitrogen and oxygen atoms in total. The van der Waals surface area contributed by atoms with Crippen molar-refractivity contribution in [2.75, 3.05) is 13.7 Å². The SMILES string of the molecule is CCNC(c1ccc(OC)c(F)c1)C(F)(F)C(F)F. The summed E-state index contributed by atoms with van der Waals surface area (Å²) in [5.74, 6) is -5.32. The Morgan fingerprint density at radius 2 is 1.95 bits per heavy atom. The second-order valence-corrected chi connectivity index (χ2v) is 3.86. The Labute approximate surface area is 107 Å². The first-order valence-electron chi connectivity index (χ1n) is 5.57. The minimum atomic E-state index is -4.29. The van der Waals surface area contributed by atoms with Crippen molar-refractivity contribution in [1.82, 2.24) is 5.32 Å². The molecule has 19 heavy (non-hydrogen) atoms. The molecule has 0 aliphatic rings. The molecule has 1 aromatic rings. The summed E-state index contributed by atoms with van der Waals surface area (Å²) in [6.07, 6.45) is -3.85. The molecule has 1 rings (SSSR count). The van der Waals surface area contributed by atoms with Gasteiger partial charge in [0.1, 0.15) is 6.04 Å². The smallest absolute Gasteiger partial charge is 0.326 e. The van der Waals surface area contributed by atoms with Gasteiger partial charge in [0.25, 0.3) is 0 Å². The molecule has 0 heterocycles. The first kappa shape index (κ1) is 15.7. The molecule has 108 valence electrons. The molecule has 0 radical (unpaired) electrons. The molecule has 1 N–H and O–H groups in total. The average molecular weight is 283 g/mol. The molecule has 0 amide bonds. The lowest BCUT2D eigenvalue weighted by Gasteiger charge is -2.27. The van der Waals surface area contributed by atoms with E-state index in [4.69, 9.17) is 0 Å². The van der Waals surface area contributed by atoms with Crippen LogP contribution in [-0.2, 0) is 0 Å². The lowest BCUT2D eigenvalue weighted by Crippen LogP contribution is -2.42. The normalized spacial score (nSPS) is 13.7. The van der Waals surface area contributed by atoms with Crippen molar-refractivity contribution < 1.29 is 26.7 Å². The van der Waals surface area contributed by atoms with Crippen LogP contribution in [0.15, 0.2) is 18.2 Å². The summed E-state index contributed by atoms with van der Waals surface area (Å²) in [5.41, 5.74) is -0.259. The summed E-state index contributed by atoms with van der Waals surface area (Å²) in [4.78, 5) is 0. The van der Waals surface area contributed by atoms with E-state index >= 15 is 0 Å². The standard InChI is InChI=1S/C12H14F5NO/c1-3-18-10(12(16,17)11(14)15)7-4-5-9(19-2)8(13)6-7/h4-6,10-11,18H,3H2,1-2H3. The second-order valence-electron chi connectivity index (χ2n) is 3.86. The van der Waals surface area contributed by atoms with Crippen LogP contribution in [0.5, 0.6) is 5.75 Å². The van der Waals surface area contributed by atoms with Gasteiger partial charge in [-0.1, -0.05) is 13.0 Å². The fraction of sp³-hybridized carbons (Fsp3) is 0.500. The van der Waals surface area contributed by atoms with E-state index in [0.29, 0.717) is 0 Å². The summed E-state index contributed by atoms with van der Waals surface area (Å²) in [6.45, 7) is 1.54. The highest BCUT2D eigenvalue weighted by Crippen LogP contribution is 2.37. The minimum absolute atomic E-state index is 0.0423. The highest BCUT2D eigenvalue weighted by Gasteiger charge is 2.49. The predicted molar refractivity (Wildman–Crippen MR) is 60.3 cm³/mol. The van der Waals surface area contributed by atoms with Crippen LogP contribution < -0.4 is 10.1 Å². The van der Waals surface area contributed by atoms with E-state index in [9.17, 15) is 22.0 Å². The van der Waals surface area contributed by atoms with E-state index in [2.05, 4.69) is 10.1 Å². The lowest BCUT2D eigenvalue weighted by atomic mass is 10.00. The van der Waals surface area contributed by atoms with Crippen molar-refractivity contribution in [3.63, 3.8) is 0 Å². The Hall–Kier alpha value is -1.37. The third-order valence-corrected chi connectivity index (χ3v) is 2.59. The molecule has 0 aliphatic heterocycles. The van der Waals surface area contributed by atoms with Crippen molar-refractivity contribution in [3.8, 4) is 5.75 Å². The summed E-state index contributed by atoms with van der Waals surface area (Å²) < 4.78 is 69.8. The van der Waals surface area contributed by atoms with Gasteiger partial charge in [-0.3, -0.25) is 0 Å². The Morgan fingerprint density at radius 1 is 1.32 bits per heavy atom. The maximum Gasteiger partial charge on any atom is 0.326 e. The van der Waals surface area contributed by atoms with Gasteiger partial charge in [-0.2, -0.15) is 8.78 Å². The minimum Gasteiger partial charge on any atom is -0.494 e. The number of hydrogen-bond acceptors (Lipinski definition) is 2. The van der Waals surface area contributed by atoms with Gasteiger partial charge < -0.3 is 10.1 Å². The first-order valence-corrected chi connectivity index (χ1v) is 5.57. The van der Waals surface area contributed by atoms with Crippen LogP contribution in [0.4, 0.5) is 22.0 Å². The maximum absolute atomic E-state index is 13.5. The van der Waals surface area contributed by atoms with Crippen LogP contribution in [0.2, 0.25) is 0 Å². The lowest BCUT2D eigenvalue weighted by molar-refractivity contribution is -0.151. The van der Waals surface area contributed by atoms with Gasteiger partial charge >= 0.3 is 12.3 Å². The third-order valence-electron chi connectivity index (χ3n) is 2.59.